The number of hydrogen-bond donors (Lipinski definition) is 1. The van der Waals surface area contributed by atoms with E-state index in [-0.39, 0.29) is 24.1 Å². The summed E-state index contributed by atoms with van der Waals surface area (Å²) in [6.45, 7) is 4.46. The van der Waals surface area contributed by atoms with Gasteiger partial charge in [0.15, 0.2) is 0 Å². The molecule has 0 saturated carbocycles. The molecule has 1 aliphatic heterocycles. The molecule has 5 rings (SSSR count). The zero-order chi connectivity index (χ0) is 28.9. The van der Waals surface area contributed by atoms with E-state index in [1.54, 1.807) is 12.1 Å². The van der Waals surface area contributed by atoms with Gasteiger partial charge in [-0.1, -0.05) is 67.6 Å². The van der Waals surface area contributed by atoms with Gasteiger partial charge in [-0.15, -0.1) is 0 Å². The van der Waals surface area contributed by atoms with E-state index in [0.717, 1.165) is 28.1 Å². The van der Waals surface area contributed by atoms with Crippen LogP contribution in [0.3, 0.4) is 0 Å². The van der Waals surface area contributed by atoms with Crippen molar-refractivity contribution in [2.75, 3.05) is 5.32 Å². The van der Waals surface area contributed by atoms with Crippen molar-refractivity contribution >= 4 is 17.6 Å². The van der Waals surface area contributed by atoms with Crippen LogP contribution < -0.4 is 5.32 Å². The highest BCUT2D eigenvalue weighted by molar-refractivity contribution is 6.12. The van der Waals surface area contributed by atoms with E-state index in [1.807, 2.05) is 74.5 Å². The van der Waals surface area contributed by atoms with Gasteiger partial charge in [0, 0.05) is 36.3 Å². The van der Waals surface area contributed by atoms with Crippen molar-refractivity contribution in [3.05, 3.63) is 107 Å². The first-order valence-corrected chi connectivity index (χ1v) is 13.8. The second-order valence-electron chi connectivity index (χ2n) is 10.6. The summed E-state index contributed by atoms with van der Waals surface area (Å²) in [5, 5.41) is 6.16. The number of anilines is 1. The summed E-state index contributed by atoms with van der Waals surface area (Å²) in [7, 11) is 0. The minimum absolute atomic E-state index is 0.0104. The standard InChI is InChI=1S/C33H32FN3O4/c1-21(2)31-30(33(39)35-25-11-7-4-8-12-25)29(22-9-5-3-6-10-22)32(23-13-15-24(34)16-14-23)37(31)18-17-27-19-26(36-40)20-28(38)41-27/h3-16,21,26-27H,17-20H2,1-2H3,(H,35,39)/t26-,27-/m1/s1. The molecule has 1 amide bonds. The first kappa shape index (κ1) is 28.0. The Morgan fingerprint density at radius 2 is 1.66 bits per heavy atom. The topological polar surface area (TPSA) is 89.8 Å². The van der Waals surface area contributed by atoms with Gasteiger partial charge < -0.3 is 14.6 Å². The van der Waals surface area contributed by atoms with Gasteiger partial charge in [0.05, 0.1) is 17.7 Å². The number of hydrogen-bond acceptors (Lipinski definition) is 5. The molecule has 1 saturated heterocycles. The summed E-state index contributed by atoms with van der Waals surface area (Å²) in [6, 6.07) is 24.6. The number of halogens is 1. The molecule has 0 bridgehead atoms. The molecule has 1 fully saturated rings. The van der Waals surface area contributed by atoms with Crippen LogP contribution in [-0.2, 0) is 16.1 Å². The summed E-state index contributed by atoms with van der Waals surface area (Å²) in [5.74, 6) is -1.12. The lowest BCUT2D eigenvalue weighted by Gasteiger charge is -2.26. The molecule has 1 N–H and O–H groups in total. The number of esters is 1. The molecule has 1 aromatic heterocycles. The van der Waals surface area contributed by atoms with E-state index in [0.29, 0.717) is 30.6 Å². The predicted octanol–water partition coefficient (Wildman–Crippen LogP) is 7.57. The summed E-state index contributed by atoms with van der Waals surface area (Å²) >= 11 is 0. The maximum absolute atomic E-state index is 14.1. The van der Waals surface area contributed by atoms with Crippen LogP contribution in [0.2, 0.25) is 0 Å². The molecule has 210 valence electrons. The Labute approximate surface area is 238 Å². The number of amides is 1. The third kappa shape index (κ3) is 6.11. The Balaban J connectivity index is 1.70. The van der Waals surface area contributed by atoms with E-state index in [4.69, 9.17) is 4.74 Å². The molecule has 1 aliphatic rings. The number of carbonyl (C=O) groups is 2. The van der Waals surface area contributed by atoms with Crippen molar-refractivity contribution in [2.45, 2.75) is 57.7 Å². The Morgan fingerprint density at radius 3 is 2.29 bits per heavy atom. The number of nitrogens with one attached hydrogen (secondary N) is 1. The molecule has 4 aromatic rings. The quantitative estimate of drug-likeness (QED) is 0.171. The molecule has 41 heavy (non-hydrogen) atoms. The number of nitroso groups, excluding NO2 is 1. The molecule has 0 aliphatic carbocycles. The fraction of sp³-hybridized carbons (Fsp3) is 0.273. The summed E-state index contributed by atoms with van der Waals surface area (Å²) in [4.78, 5) is 37.5. The van der Waals surface area contributed by atoms with Crippen molar-refractivity contribution in [3.8, 4) is 22.4 Å². The number of rotatable bonds is 9. The lowest BCUT2D eigenvalue weighted by molar-refractivity contribution is -0.155. The highest BCUT2D eigenvalue weighted by Crippen LogP contribution is 2.43. The van der Waals surface area contributed by atoms with Gasteiger partial charge >= 0.3 is 5.97 Å². The highest BCUT2D eigenvalue weighted by Gasteiger charge is 2.33. The average Bonchev–Trinajstić information content (AvgIpc) is 3.33. The molecule has 3 aromatic carbocycles. The van der Waals surface area contributed by atoms with Crippen LogP contribution in [0, 0.1) is 10.7 Å². The second-order valence-corrected chi connectivity index (χ2v) is 10.6. The van der Waals surface area contributed by atoms with Gasteiger partial charge in [-0.25, -0.2) is 4.39 Å². The van der Waals surface area contributed by atoms with Gasteiger partial charge in [-0.05, 0) is 53.4 Å². The highest BCUT2D eigenvalue weighted by atomic mass is 19.1. The number of aromatic nitrogens is 1. The van der Waals surface area contributed by atoms with Crippen LogP contribution >= 0.6 is 0 Å². The zero-order valence-corrected chi connectivity index (χ0v) is 23.0. The molecule has 0 radical (unpaired) electrons. The predicted molar refractivity (Wildman–Crippen MR) is 157 cm³/mol. The van der Waals surface area contributed by atoms with Crippen LogP contribution in [-0.4, -0.2) is 28.6 Å². The van der Waals surface area contributed by atoms with Crippen LogP contribution in [0.15, 0.2) is 90.1 Å². The van der Waals surface area contributed by atoms with Crippen LogP contribution in [0.1, 0.15) is 55.1 Å². The number of carbonyl (C=O) groups excluding carboxylic acids is 2. The minimum atomic E-state index is -0.612. The fourth-order valence-corrected chi connectivity index (χ4v) is 5.60. The maximum Gasteiger partial charge on any atom is 0.308 e. The van der Waals surface area contributed by atoms with Gasteiger partial charge in [-0.2, -0.15) is 4.91 Å². The lowest BCUT2D eigenvalue weighted by Crippen LogP contribution is -2.32. The van der Waals surface area contributed by atoms with E-state index in [2.05, 4.69) is 15.1 Å². The first-order valence-electron chi connectivity index (χ1n) is 13.8. The summed E-state index contributed by atoms with van der Waals surface area (Å²) in [6.07, 6.45) is 0.286. The van der Waals surface area contributed by atoms with E-state index < -0.39 is 18.1 Å². The molecule has 2 atom stereocenters. The molecule has 0 spiro atoms. The molecule has 7 nitrogen and oxygen atoms in total. The second kappa shape index (κ2) is 12.3. The number of cyclic esters (lactones) is 1. The van der Waals surface area contributed by atoms with Crippen molar-refractivity contribution in [3.63, 3.8) is 0 Å². The summed E-state index contributed by atoms with van der Waals surface area (Å²) < 4.78 is 21.7. The minimum Gasteiger partial charge on any atom is -0.462 e. The van der Waals surface area contributed by atoms with Crippen LogP contribution in [0.25, 0.3) is 22.4 Å². The van der Waals surface area contributed by atoms with Crippen LogP contribution in [0.5, 0.6) is 0 Å². The van der Waals surface area contributed by atoms with Gasteiger partial charge in [-0.3, -0.25) is 9.59 Å². The van der Waals surface area contributed by atoms with E-state index in [1.165, 1.54) is 12.1 Å². The fourth-order valence-electron chi connectivity index (χ4n) is 5.60. The van der Waals surface area contributed by atoms with Crippen molar-refractivity contribution in [1.29, 1.82) is 0 Å². The Morgan fingerprint density at radius 1 is 1.00 bits per heavy atom. The molecule has 8 heteroatoms. The van der Waals surface area contributed by atoms with Crippen LogP contribution in [0.4, 0.5) is 10.1 Å². The number of benzene rings is 3. The maximum atomic E-state index is 14.1. The smallest absolute Gasteiger partial charge is 0.308 e. The van der Waals surface area contributed by atoms with E-state index >= 15 is 0 Å². The number of ether oxygens (including phenoxy) is 1. The Kier molecular flexibility index (Phi) is 8.38. The Hall–Kier alpha value is -4.59. The third-order valence-electron chi connectivity index (χ3n) is 7.35. The van der Waals surface area contributed by atoms with Gasteiger partial charge in [0.1, 0.15) is 18.0 Å². The normalized spacial score (nSPS) is 16.8. The molecule has 0 unspecified atom stereocenters. The van der Waals surface area contributed by atoms with E-state index in [9.17, 15) is 18.9 Å². The van der Waals surface area contributed by atoms with Crippen molar-refractivity contribution in [2.24, 2.45) is 5.18 Å². The monoisotopic (exact) mass is 553 g/mol. The molecule has 2 heterocycles. The van der Waals surface area contributed by atoms with Crippen molar-refractivity contribution < 1.29 is 18.7 Å². The van der Waals surface area contributed by atoms with Gasteiger partial charge in [0.25, 0.3) is 5.91 Å². The molecular weight excluding hydrogens is 521 g/mol. The molecular formula is C33H32FN3O4. The summed E-state index contributed by atoms with van der Waals surface area (Å²) in [5.41, 5.74) is 5.11. The Bertz CT molecular complexity index is 1530. The number of para-hydroxylation sites is 1. The van der Waals surface area contributed by atoms with Gasteiger partial charge in [0.2, 0.25) is 0 Å². The largest absolute Gasteiger partial charge is 0.462 e. The first-order chi connectivity index (χ1) is 19.9. The average molecular weight is 554 g/mol. The SMILES string of the molecule is CC(C)c1c(C(=O)Nc2ccccc2)c(-c2ccccc2)c(-c2ccc(F)cc2)n1CC[C@@H]1C[C@@H](N=O)CC(=O)O1. The van der Waals surface area contributed by atoms with Crippen molar-refractivity contribution in [1.82, 2.24) is 4.57 Å². The zero-order valence-electron chi connectivity index (χ0n) is 23.0. The lowest BCUT2D eigenvalue weighted by atomic mass is 9.94. The number of nitrogens with zero attached hydrogens (tertiary/aromatic N) is 2. The third-order valence-corrected chi connectivity index (χ3v) is 7.35.